The summed E-state index contributed by atoms with van der Waals surface area (Å²) in [4.78, 5) is 13.9. The van der Waals surface area contributed by atoms with E-state index in [2.05, 4.69) is 0 Å². The van der Waals surface area contributed by atoms with Crippen molar-refractivity contribution in [3.8, 4) is 0 Å². The van der Waals surface area contributed by atoms with Crippen LogP contribution in [0, 0.1) is 11.6 Å². The Bertz CT molecular complexity index is 490. The summed E-state index contributed by atoms with van der Waals surface area (Å²) in [5.41, 5.74) is 5.55. The van der Waals surface area contributed by atoms with Crippen molar-refractivity contribution in [1.29, 1.82) is 0 Å². The Morgan fingerprint density at radius 1 is 1.42 bits per heavy atom. The Kier molecular flexibility index (Phi) is 3.99. The normalized spacial score (nSPS) is 14.5. The van der Waals surface area contributed by atoms with Crippen molar-refractivity contribution in [2.75, 3.05) is 26.0 Å². The lowest BCUT2D eigenvalue weighted by molar-refractivity contribution is 0.0680. The predicted octanol–water partition coefficient (Wildman–Crippen LogP) is 1.80. The second kappa shape index (κ2) is 5.52. The highest BCUT2D eigenvalue weighted by atomic mass is 19.2. The van der Waals surface area contributed by atoms with Crippen LogP contribution in [0.3, 0.4) is 0 Å². The highest BCUT2D eigenvalue weighted by molar-refractivity contribution is 5.99. The summed E-state index contributed by atoms with van der Waals surface area (Å²) in [5, 5.41) is 0. The second-order valence-corrected chi connectivity index (χ2v) is 4.58. The number of nitrogens with zero attached hydrogens (tertiary/aromatic N) is 1. The largest absolute Gasteiger partial charge is 0.398 e. The SMILES string of the molecule is COCCN(C(=O)c1cc(F)c(F)cc1N)C1CC1. The first-order valence-electron chi connectivity index (χ1n) is 6.09. The van der Waals surface area contributed by atoms with Crippen LogP contribution in [0.2, 0.25) is 0 Å². The summed E-state index contributed by atoms with van der Waals surface area (Å²) in [5.74, 6) is -2.50. The van der Waals surface area contributed by atoms with Crippen LogP contribution in [0.5, 0.6) is 0 Å². The van der Waals surface area contributed by atoms with E-state index in [4.69, 9.17) is 10.5 Å². The van der Waals surface area contributed by atoms with Gasteiger partial charge in [0.1, 0.15) is 0 Å². The lowest BCUT2D eigenvalue weighted by Gasteiger charge is -2.22. The first-order valence-corrected chi connectivity index (χ1v) is 6.09. The van der Waals surface area contributed by atoms with Crippen molar-refractivity contribution in [1.82, 2.24) is 4.90 Å². The molecule has 104 valence electrons. The molecule has 1 saturated carbocycles. The van der Waals surface area contributed by atoms with Crippen LogP contribution in [-0.4, -0.2) is 37.1 Å². The molecule has 2 N–H and O–H groups in total. The summed E-state index contributed by atoms with van der Waals surface area (Å²) in [6.07, 6.45) is 1.83. The van der Waals surface area contributed by atoms with Gasteiger partial charge >= 0.3 is 0 Å². The molecular formula is C13H16F2N2O2. The molecule has 1 aromatic carbocycles. The lowest BCUT2D eigenvalue weighted by atomic mass is 10.1. The molecule has 4 nitrogen and oxygen atoms in total. The zero-order valence-electron chi connectivity index (χ0n) is 10.7. The molecule has 2 rings (SSSR count). The van der Waals surface area contributed by atoms with Gasteiger partial charge in [-0.1, -0.05) is 0 Å². The molecule has 1 amide bonds. The first kappa shape index (κ1) is 13.7. The minimum absolute atomic E-state index is 0.00176. The number of methoxy groups -OCH3 is 1. The number of nitrogens with two attached hydrogens (primary N) is 1. The fraction of sp³-hybridized carbons (Fsp3) is 0.462. The van der Waals surface area contributed by atoms with Crippen LogP contribution in [0.25, 0.3) is 0 Å². The maximum absolute atomic E-state index is 13.2. The molecule has 1 aromatic rings. The molecule has 1 aliphatic carbocycles. The Labute approximate surface area is 110 Å². The van der Waals surface area contributed by atoms with Gasteiger partial charge < -0.3 is 15.4 Å². The van der Waals surface area contributed by atoms with Gasteiger partial charge in [0.2, 0.25) is 0 Å². The fourth-order valence-electron chi connectivity index (χ4n) is 1.93. The molecule has 6 heteroatoms. The minimum atomic E-state index is -1.07. The lowest BCUT2D eigenvalue weighted by Crippen LogP contribution is -2.36. The number of rotatable bonds is 5. The molecule has 0 heterocycles. The molecule has 0 radical (unpaired) electrons. The Morgan fingerprint density at radius 3 is 2.63 bits per heavy atom. The van der Waals surface area contributed by atoms with E-state index in [0.29, 0.717) is 13.2 Å². The van der Waals surface area contributed by atoms with E-state index in [1.807, 2.05) is 0 Å². The van der Waals surface area contributed by atoms with E-state index in [9.17, 15) is 13.6 Å². The summed E-state index contributed by atoms with van der Waals surface area (Å²) < 4.78 is 31.2. The van der Waals surface area contributed by atoms with Gasteiger partial charge in [0, 0.05) is 31.5 Å². The van der Waals surface area contributed by atoms with Crippen molar-refractivity contribution < 1.29 is 18.3 Å². The van der Waals surface area contributed by atoms with Crippen molar-refractivity contribution >= 4 is 11.6 Å². The molecule has 0 atom stereocenters. The topological polar surface area (TPSA) is 55.6 Å². The van der Waals surface area contributed by atoms with Crippen molar-refractivity contribution in [2.24, 2.45) is 0 Å². The molecule has 0 bridgehead atoms. The maximum atomic E-state index is 13.2. The van der Waals surface area contributed by atoms with Crippen LogP contribution in [0.4, 0.5) is 14.5 Å². The molecular weight excluding hydrogens is 254 g/mol. The van der Waals surface area contributed by atoms with Crippen molar-refractivity contribution in [2.45, 2.75) is 18.9 Å². The van der Waals surface area contributed by atoms with Crippen LogP contribution in [-0.2, 0) is 4.74 Å². The van der Waals surface area contributed by atoms with Crippen molar-refractivity contribution in [3.05, 3.63) is 29.3 Å². The van der Waals surface area contributed by atoms with Gasteiger partial charge in [-0.3, -0.25) is 4.79 Å². The summed E-state index contributed by atoms with van der Waals surface area (Å²) >= 11 is 0. The van der Waals surface area contributed by atoms with Gasteiger partial charge in [-0.15, -0.1) is 0 Å². The number of amides is 1. The van der Waals surface area contributed by atoms with Gasteiger partial charge in [-0.25, -0.2) is 8.78 Å². The molecule has 0 unspecified atom stereocenters. The maximum Gasteiger partial charge on any atom is 0.256 e. The fourth-order valence-corrected chi connectivity index (χ4v) is 1.93. The Balaban J connectivity index is 2.23. The van der Waals surface area contributed by atoms with E-state index >= 15 is 0 Å². The van der Waals surface area contributed by atoms with Gasteiger partial charge in [-0.2, -0.15) is 0 Å². The van der Waals surface area contributed by atoms with Gasteiger partial charge in [0.05, 0.1) is 12.2 Å². The van der Waals surface area contributed by atoms with Crippen LogP contribution in [0.15, 0.2) is 12.1 Å². The highest BCUT2D eigenvalue weighted by Crippen LogP contribution is 2.29. The average Bonchev–Trinajstić information content (AvgIpc) is 3.18. The van der Waals surface area contributed by atoms with Gasteiger partial charge in [0.25, 0.3) is 5.91 Å². The highest BCUT2D eigenvalue weighted by Gasteiger charge is 2.33. The van der Waals surface area contributed by atoms with Gasteiger partial charge in [0.15, 0.2) is 11.6 Å². The molecule has 1 fully saturated rings. The van der Waals surface area contributed by atoms with Crippen LogP contribution < -0.4 is 5.73 Å². The zero-order chi connectivity index (χ0) is 14.0. The summed E-state index contributed by atoms with van der Waals surface area (Å²) in [6.45, 7) is 0.810. The number of halogens is 2. The average molecular weight is 270 g/mol. The number of carbonyl (C=O) groups is 1. The second-order valence-electron chi connectivity index (χ2n) is 4.58. The van der Waals surface area contributed by atoms with E-state index in [1.54, 1.807) is 12.0 Å². The van der Waals surface area contributed by atoms with E-state index in [1.165, 1.54) is 0 Å². The number of benzene rings is 1. The number of hydrogen-bond acceptors (Lipinski definition) is 3. The molecule has 0 saturated heterocycles. The predicted molar refractivity (Wildman–Crippen MR) is 66.7 cm³/mol. The zero-order valence-corrected chi connectivity index (χ0v) is 10.7. The van der Waals surface area contributed by atoms with Crippen LogP contribution >= 0.6 is 0 Å². The van der Waals surface area contributed by atoms with Crippen molar-refractivity contribution in [3.63, 3.8) is 0 Å². The Morgan fingerprint density at radius 2 is 2.05 bits per heavy atom. The number of hydrogen-bond donors (Lipinski definition) is 1. The molecule has 0 aromatic heterocycles. The first-order chi connectivity index (χ1) is 9.04. The monoisotopic (exact) mass is 270 g/mol. The third-order valence-electron chi connectivity index (χ3n) is 3.11. The number of anilines is 1. The molecule has 19 heavy (non-hydrogen) atoms. The van der Waals surface area contributed by atoms with Gasteiger partial charge in [-0.05, 0) is 18.9 Å². The van der Waals surface area contributed by atoms with E-state index in [0.717, 1.165) is 25.0 Å². The Hall–Kier alpha value is -1.69. The third kappa shape index (κ3) is 3.01. The van der Waals surface area contributed by atoms with E-state index in [-0.39, 0.29) is 23.2 Å². The minimum Gasteiger partial charge on any atom is -0.398 e. The summed E-state index contributed by atoms with van der Waals surface area (Å²) in [6, 6.07) is 1.84. The number of nitrogen functional groups attached to an aromatic ring is 1. The number of carbonyl (C=O) groups excluding carboxylic acids is 1. The smallest absolute Gasteiger partial charge is 0.256 e. The summed E-state index contributed by atoms with van der Waals surface area (Å²) in [7, 11) is 1.54. The van der Waals surface area contributed by atoms with E-state index < -0.39 is 11.6 Å². The van der Waals surface area contributed by atoms with Crippen LogP contribution in [0.1, 0.15) is 23.2 Å². The molecule has 1 aliphatic rings. The standard InChI is InChI=1S/C13H16F2N2O2/c1-19-5-4-17(8-2-3-8)13(18)9-6-10(14)11(15)7-12(9)16/h6-8H,2-5,16H2,1H3. The molecule has 0 spiro atoms. The quantitative estimate of drug-likeness (QED) is 0.830. The molecule has 0 aliphatic heterocycles. The third-order valence-corrected chi connectivity index (χ3v) is 3.11. The number of ether oxygens (including phenoxy) is 1.